The average molecular weight is 244 g/mol. The van der Waals surface area contributed by atoms with Crippen molar-refractivity contribution in [3.8, 4) is 0 Å². The normalized spacial score (nSPS) is 19.1. The third-order valence-corrected chi connectivity index (χ3v) is 3.48. The Morgan fingerprint density at radius 3 is 2.53 bits per heavy atom. The number of rotatable bonds is 8. The highest BCUT2D eigenvalue weighted by atomic mass is 16.5. The van der Waals surface area contributed by atoms with E-state index in [4.69, 9.17) is 15.2 Å². The minimum Gasteiger partial charge on any atom is -0.468 e. The van der Waals surface area contributed by atoms with E-state index in [0.717, 1.165) is 0 Å². The zero-order valence-corrected chi connectivity index (χ0v) is 11.0. The molecule has 0 saturated heterocycles. The van der Waals surface area contributed by atoms with E-state index < -0.39 is 0 Å². The average Bonchev–Trinajstić information content (AvgIpc) is 3.17. The standard InChI is InChI=1S/C12H24N2O3/c1-9(10-4-5-10)14(6-7-16-2)11(8-13)12(15)17-3/h9-11H,4-8,13H2,1-3H3. The Morgan fingerprint density at radius 1 is 1.47 bits per heavy atom. The Labute approximate surface area is 103 Å². The Hall–Kier alpha value is -0.650. The first-order chi connectivity index (χ1) is 8.15. The predicted octanol–water partition coefficient (Wildman–Crippen LogP) is 0.234. The van der Waals surface area contributed by atoms with Crippen LogP contribution in [0.1, 0.15) is 19.8 Å². The second-order valence-electron chi connectivity index (χ2n) is 4.58. The van der Waals surface area contributed by atoms with Crippen LogP contribution in [-0.4, -0.2) is 56.9 Å². The van der Waals surface area contributed by atoms with Gasteiger partial charge in [0, 0.05) is 26.2 Å². The van der Waals surface area contributed by atoms with Gasteiger partial charge in [0.25, 0.3) is 0 Å². The van der Waals surface area contributed by atoms with E-state index in [0.29, 0.717) is 25.1 Å². The van der Waals surface area contributed by atoms with Gasteiger partial charge in [-0.05, 0) is 25.7 Å². The van der Waals surface area contributed by atoms with Gasteiger partial charge in [0.05, 0.1) is 13.7 Å². The van der Waals surface area contributed by atoms with Gasteiger partial charge in [0.2, 0.25) is 0 Å². The first-order valence-electron chi connectivity index (χ1n) is 6.18. The van der Waals surface area contributed by atoms with E-state index in [2.05, 4.69) is 11.8 Å². The molecule has 2 atom stereocenters. The topological polar surface area (TPSA) is 64.8 Å². The van der Waals surface area contributed by atoms with Crippen molar-refractivity contribution >= 4 is 5.97 Å². The van der Waals surface area contributed by atoms with Crippen LogP contribution in [-0.2, 0) is 14.3 Å². The van der Waals surface area contributed by atoms with E-state index in [1.165, 1.54) is 20.0 Å². The van der Waals surface area contributed by atoms with Gasteiger partial charge >= 0.3 is 5.97 Å². The maximum atomic E-state index is 11.7. The van der Waals surface area contributed by atoms with E-state index >= 15 is 0 Å². The van der Waals surface area contributed by atoms with Crippen molar-refractivity contribution in [3.63, 3.8) is 0 Å². The number of hydrogen-bond donors (Lipinski definition) is 1. The lowest BCUT2D eigenvalue weighted by Gasteiger charge is -2.34. The minimum absolute atomic E-state index is 0.254. The van der Waals surface area contributed by atoms with Crippen molar-refractivity contribution in [2.45, 2.75) is 31.8 Å². The lowest BCUT2D eigenvalue weighted by molar-refractivity contribution is -0.148. The maximum Gasteiger partial charge on any atom is 0.324 e. The summed E-state index contributed by atoms with van der Waals surface area (Å²) < 4.78 is 9.91. The van der Waals surface area contributed by atoms with Gasteiger partial charge in [-0.3, -0.25) is 9.69 Å². The van der Waals surface area contributed by atoms with Gasteiger partial charge in [-0.1, -0.05) is 0 Å². The Kier molecular flexibility index (Phi) is 5.88. The summed E-state index contributed by atoms with van der Waals surface area (Å²) in [5.41, 5.74) is 5.70. The number of carbonyl (C=O) groups excluding carboxylic acids is 1. The molecule has 0 aromatic heterocycles. The molecule has 100 valence electrons. The smallest absolute Gasteiger partial charge is 0.324 e. The first-order valence-corrected chi connectivity index (χ1v) is 6.18. The van der Waals surface area contributed by atoms with Crippen LogP contribution in [0.15, 0.2) is 0 Å². The fraction of sp³-hybridized carbons (Fsp3) is 0.917. The van der Waals surface area contributed by atoms with Crippen LogP contribution in [0.2, 0.25) is 0 Å². The first kappa shape index (κ1) is 14.4. The van der Waals surface area contributed by atoms with Crippen molar-refractivity contribution in [2.75, 3.05) is 33.9 Å². The van der Waals surface area contributed by atoms with E-state index in [1.807, 2.05) is 0 Å². The summed E-state index contributed by atoms with van der Waals surface area (Å²) in [7, 11) is 3.07. The molecule has 17 heavy (non-hydrogen) atoms. The number of methoxy groups -OCH3 is 2. The van der Waals surface area contributed by atoms with Gasteiger partial charge in [-0.15, -0.1) is 0 Å². The largest absolute Gasteiger partial charge is 0.468 e. The molecular formula is C12H24N2O3. The number of nitrogens with two attached hydrogens (primary N) is 1. The van der Waals surface area contributed by atoms with E-state index in [9.17, 15) is 4.79 Å². The summed E-state index contributed by atoms with van der Waals surface area (Å²) in [4.78, 5) is 13.8. The Morgan fingerprint density at radius 2 is 2.12 bits per heavy atom. The molecule has 1 aliphatic carbocycles. The van der Waals surface area contributed by atoms with Crippen molar-refractivity contribution in [2.24, 2.45) is 11.7 Å². The summed E-state index contributed by atoms with van der Waals surface area (Å²) in [5.74, 6) is 0.432. The van der Waals surface area contributed by atoms with Crippen molar-refractivity contribution < 1.29 is 14.3 Å². The Balaban J connectivity index is 2.66. The molecule has 1 fully saturated rings. The van der Waals surface area contributed by atoms with Crippen molar-refractivity contribution in [1.82, 2.24) is 4.90 Å². The molecule has 0 aliphatic heterocycles. The molecule has 0 spiro atoms. The molecule has 5 nitrogen and oxygen atoms in total. The molecule has 2 unspecified atom stereocenters. The van der Waals surface area contributed by atoms with Gasteiger partial charge < -0.3 is 15.2 Å². The molecule has 0 aromatic rings. The lowest BCUT2D eigenvalue weighted by atomic mass is 10.1. The van der Waals surface area contributed by atoms with Crippen LogP contribution < -0.4 is 5.73 Å². The van der Waals surface area contributed by atoms with Gasteiger partial charge in [-0.25, -0.2) is 0 Å². The minimum atomic E-state index is -0.356. The van der Waals surface area contributed by atoms with E-state index in [-0.39, 0.29) is 18.6 Å². The fourth-order valence-electron chi connectivity index (χ4n) is 2.19. The van der Waals surface area contributed by atoms with Crippen LogP contribution in [0, 0.1) is 5.92 Å². The number of esters is 1. The monoisotopic (exact) mass is 244 g/mol. The maximum absolute atomic E-state index is 11.7. The molecule has 1 aliphatic rings. The molecule has 0 radical (unpaired) electrons. The molecule has 1 rings (SSSR count). The highest BCUT2D eigenvalue weighted by Crippen LogP contribution is 2.35. The number of hydrogen-bond acceptors (Lipinski definition) is 5. The molecule has 2 N–H and O–H groups in total. The molecule has 0 bridgehead atoms. The summed E-state index contributed by atoms with van der Waals surface area (Å²) in [6.45, 7) is 3.75. The number of ether oxygens (including phenoxy) is 2. The van der Waals surface area contributed by atoms with Crippen molar-refractivity contribution in [1.29, 1.82) is 0 Å². The van der Waals surface area contributed by atoms with Gasteiger partial charge in [-0.2, -0.15) is 0 Å². The summed E-state index contributed by atoms with van der Waals surface area (Å²) in [5, 5.41) is 0. The molecule has 0 aromatic carbocycles. The quantitative estimate of drug-likeness (QED) is 0.619. The van der Waals surface area contributed by atoms with Gasteiger partial charge in [0.15, 0.2) is 0 Å². The summed E-state index contributed by atoms with van der Waals surface area (Å²) in [6.07, 6.45) is 2.48. The predicted molar refractivity (Wildman–Crippen MR) is 65.6 cm³/mol. The molecule has 0 heterocycles. The van der Waals surface area contributed by atoms with Crippen LogP contribution >= 0.6 is 0 Å². The third kappa shape index (κ3) is 3.94. The molecule has 1 saturated carbocycles. The SMILES string of the molecule is COCCN(C(CN)C(=O)OC)C(C)C1CC1. The number of carbonyl (C=O) groups is 1. The fourth-order valence-corrected chi connectivity index (χ4v) is 2.19. The number of nitrogens with zero attached hydrogens (tertiary/aromatic N) is 1. The van der Waals surface area contributed by atoms with Crippen LogP contribution in [0.4, 0.5) is 0 Å². The lowest BCUT2D eigenvalue weighted by Crippen LogP contribution is -2.52. The van der Waals surface area contributed by atoms with Crippen LogP contribution in [0.5, 0.6) is 0 Å². The highest BCUT2D eigenvalue weighted by Gasteiger charge is 2.37. The van der Waals surface area contributed by atoms with Crippen molar-refractivity contribution in [3.05, 3.63) is 0 Å². The second kappa shape index (κ2) is 6.93. The Bertz CT molecular complexity index is 244. The molecular weight excluding hydrogens is 220 g/mol. The van der Waals surface area contributed by atoms with Gasteiger partial charge in [0.1, 0.15) is 6.04 Å². The van der Waals surface area contributed by atoms with Crippen LogP contribution in [0.3, 0.4) is 0 Å². The summed E-state index contributed by atoms with van der Waals surface area (Å²) in [6, 6.07) is 0.00329. The summed E-state index contributed by atoms with van der Waals surface area (Å²) >= 11 is 0. The molecule has 0 amide bonds. The highest BCUT2D eigenvalue weighted by molar-refractivity contribution is 5.76. The third-order valence-electron chi connectivity index (χ3n) is 3.48. The molecule has 5 heteroatoms. The van der Waals surface area contributed by atoms with Crippen LogP contribution in [0.25, 0.3) is 0 Å². The second-order valence-corrected chi connectivity index (χ2v) is 4.58. The zero-order valence-electron chi connectivity index (χ0n) is 11.0. The zero-order chi connectivity index (χ0) is 12.8. The van der Waals surface area contributed by atoms with E-state index in [1.54, 1.807) is 7.11 Å².